The molecule has 1 aromatic carbocycles. The maximum Gasteiger partial charge on any atom is 0.315 e. The molecule has 0 bridgehead atoms. The largest absolute Gasteiger partial charge is 0.508 e. The lowest BCUT2D eigenvalue weighted by Gasteiger charge is -2.48. The van der Waals surface area contributed by atoms with Crippen LogP contribution in [0.1, 0.15) is 83.8 Å². The van der Waals surface area contributed by atoms with Crippen molar-refractivity contribution < 1.29 is 24.2 Å². The predicted molar refractivity (Wildman–Crippen MR) is 111 cm³/mol. The number of phenols is 1. The highest BCUT2D eigenvalue weighted by molar-refractivity contribution is 5.82. The molecule has 1 N–H and O–H groups in total. The van der Waals surface area contributed by atoms with Crippen LogP contribution in [0, 0.1) is 11.8 Å². The van der Waals surface area contributed by atoms with E-state index in [1.54, 1.807) is 6.07 Å². The zero-order chi connectivity index (χ0) is 21.4. The fraction of sp³-hybridized carbons (Fsp3) is 0.667. The lowest BCUT2D eigenvalue weighted by atomic mass is 9.64. The third kappa shape index (κ3) is 4.01. The third-order valence-electron chi connectivity index (χ3n) is 6.80. The van der Waals surface area contributed by atoms with Gasteiger partial charge in [0.1, 0.15) is 23.4 Å². The van der Waals surface area contributed by atoms with Crippen molar-refractivity contribution in [2.75, 3.05) is 6.61 Å². The number of carbonyl (C=O) groups excluding carboxylic acids is 2. The number of fused-ring (bicyclic) bond motifs is 3. The quantitative estimate of drug-likeness (QED) is 0.417. The first kappa shape index (κ1) is 21.7. The lowest BCUT2D eigenvalue weighted by Crippen LogP contribution is -2.47. The molecule has 1 fully saturated rings. The van der Waals surface area contributed by atoms with Crippen molar-refractivity contribution in [3.8, 4) is 11.5 Å². The van der Waals surface area contributed by atoms with Gasteiger partial charge in [0, 0.05) is 17.4 Å². The maximum atomic E-state index is 12.7. The van der Waals surface area contributed by atoms with Gasteiger partial charge in [0.2, 0.25) is 0 Å². The molecule has 1 aliphatic carbocycles. The predicted octanol–water partition coefficient (Wildman–Crippen LogP) is 4.88. The molecule has 2 aliphatic rings. The zero-order valence-corrected chi connectivity index (χ0v) is 18.3. The van der Waals surface area contributed by atoms with Crippen molar-refractivity contribution in [2.45, 2.75) is 83.7 Å². The van der Waals surface area contributed by atoms with E-state index in [1.807, 2.05) is 26.8 Å². The number of hydrogen-bond acceptors (Lipinski definition) is 5. The molecule has 5 nitrogen and oxygen atoms in total. The molecule has 5 heteroatoms. The van der Waals surface area contributed by atoms with E-state index in [-0.39, 0.29) is 29.5 Å². The summed E-state index contributed by atoms with van der Waals surface area (Å²) in [6.07, 6.45) is 5.32. The smallest absolute Gasteiger partial charge is 0.315 e. The van der Waals surface area contributed by atoms with E-state index in [9.17, 15) is 14.7 Å². The van der Waals surface area contributed by atoms with Gasteiger partial charge in [-0.3, -0.25) is 4.79 Å². The fourth-order valence-corrected chi connectivity index (χ4v) is 4.87. The summed E-state index contributed by atoms with van der Waals surface area (Å²) in [7, 11) is 0. The van der Waals surface area contributed by atoms with Crippen LogP contribution in [0.3, 0.4) is 0 Å². The van der Waals surface area contributed by atoms with Gasteiger partial charge in [0.05, 0.1) is 12.0 Å². The molecule has 3 atom stereocenters. The molecule has 2 unspecified atom stereocenters. The Bertz CT molecular complexity index is 780. The highest BCUT2D eigenvalue weighted by Gasteiger charge is 2.48. The van der Waals surface area contributed by atoms with Gasteiger partial charge < -0.3 is 19.4 Å². The molecular formula is C24H34O5. The van der Waals surface area contributed by atoms with Gasteiger partial charge in [-0.15, -0.1) is 0 Å². The number of phenolic OH excluding ortho intramolecular Hbond substituents is 1. The number of unbranched alkanes of at least 4 members (excludes halogenated alkanes) is 1. The standard InChI is InChI=1S/C24H34O5/c1-6-7-10-28-22(27)23(2,3)16-12-19(26)21-17-11-15(14-25)8-9-18(17)24(4,5)29-20(21)13-16/h12-15,17-18,26H,6-11H2,1-5H3/t15?,17?,18-/m1/s1. The second kappa shape index (κ2) is 8.00. The number of ether oxygens (including phenoxy) is 2. The van der Waals surface area contributed by atoms with E-state index >= 15 is 0 Å². The Labute approximate surface area is 173 Å². The van der Waals surface area contributed by atoms with Crippen LogP contribution in [0.15, 0.2) is 12.1 Å². The molecule has 0 aromatic heterocycles. The van der Waals surface area contributed by atoms with Crippen LogP contribution < -0.4 is 4.74 Å². The number of benzene rings is 1. The van der Waals surface area contributed by atoms with Gasteiger partial charge >= 0.3 is 5.97 Å². The molecule has 160 valence electrons. The number of aldehydes is 1. The first-order valence-electron chi connectivity index (χ1n) is 10.8. The second-order valence-electron chi connectivity index (χ2n) is 9.65. The third-order valence-corrected chi connectivity index (χ3v) is 6.80. The molecular weight excluding hydrogens is 368 g/mol. The van der Waals surface area contributed by atoms with Crippen molar-refractivity contribution >= 4 is 12.3 Å². The molecule has 0 amide bonds. The fourth-order valence-electron chi connectivity index (χ4n) is 4.87. The summed E-state index contributed by atoms with van der Waals surface area (Å²) >= 11 is 0. The average Bonchev–Trinajstić information content (AvgIpc) is 2.66. The first-order chi connectivity index (χ1) is 13.6. The van der Waals surface area contributed by atoms with Gasteiger partial charge in [0.25, 0.3) is 0 Å². The second-order valence-corrected chi connectivity index (χ2v) is 9.65. The molecule has 1 aromatic rings. The van der Waals surface area contributed by atoms with Gasteiger partial charge in [0.15, 0.2) is 0 Å². The van der Waals surface area contributed by atoms with Crippen LogP contribution in [-0.2, 0) is 19.7 Å². The number of esters is 1. The number of aromatic hydroxyl groups is 1. The monoisotopic (exact) mass is 402 g/mol. The minimum Gasteiger partial charge on any atom is -0.508 e. The number of hydrogen-bond donors (Lipinski definition) is 1. The Hall–Kier alpha value is -2.04. The Morgan fingerprint density at radius 3 is 2.72 bits per heavy atom. The van der Waals surface area contributed by atoms with Crippen molar-refractivity contribution in [1.82, 2.24) is 0 Å². The molecule has 3 rings (SSSR count). The summed E-state index contributed by atoms with van der Waals surface area (Å²) in [6.45, 7) is 10.2. The van der Waals surface area contributed by atoms with Crippen LogP contribution in [-0.4, -0.2) is 29.6 Å². The molecule has 1 heterocycles. The van der Waals surface area contributed by atoms with E-state index in [1.165, 1.54) is 0 Å². The van der Waals surface area contributed by atoms with Crippen molar-refractivity contribution in [3.05, 3.63) is 23.3 Å². The van der Waals surface area contributed by atoms with Gasteiger partial charge in [-0.2, -0.15) is 0 Å². The Kier molecular flexibility index (Phi) is 5.98. The molecule has 0 spiro atoms. The Morgan fingerprint density at radius 2 is 2.07 bits per heavy atom. The number of rotatable bonds is 6. The van der Waals surface area contributed by atoms with Crippen LogP contribution in [0.4, 0.5) is 0 Å². The van der Waals surface area contributed by atoms with E-state index in [4.69, 9.17) is 9.47 Å². The van der Waals surface area contributed by atoms with Gasteiger partial charge in [-0.05, 0) is 77.0 Å². The summed E-state index contributed by atoms with van der Waals surface area (Å²) in [5.74, 6) is 0.788. The molecule has 0 radical (unpaired) electrons. The van der Waals surface area contributed by atoms with Crippen molar-refractivity contribution in [3.63, 3.8) is 0 Å². The normalized spacial score (nSPS) is 25.3. The summed E-state index contributed by atoms with van der Waals surface area (Å²) in [4.78, 5) is 24.1. The first-order valence-corrected chi connectivity index (χ1v) is 10.8. The van der Waals surface area contributed by atoms with E-state index in [0.29, 0.717) is 17.9 Å². The minimum atomic E-state index is -0.900. The molecule has 0 saturated heterocycles. The van der Waals surface area contributed by atoms with Gasteiger partial charge in [-0.1, -0.05) is 13.3 Å². The topological polar surface area (TPSA) is 72.8 Å². The van der Waals surface area contributed by atoms with Crippen molar-refractivity contribution in [1.29, 1.82) is 0 Å². The van der Waals surface area contributed by atoms with Crippen molar-refractivity contribution in [2.24, 2.45) is 11.8 Å². The number of carbonyl (C=O) groups is 2. The Morgan fingerprint density at radius 1 is 1.34 bits per heavy atom. The molecule has 1 aliphatic heterocycles. The van der Waals surface area contributed by atoms with Crippen LogP contribution in [0.25, 0.3) is 0 Å². The summed E-state index contributed by atoms with van der Waals surface area (Å²) < 4.78 is 11.8. The van der Waals surface area contributed by atoms with E-state index in [2.05, 4.69) is 13.8 Å². The van der Waals surface area contributed by atoms with Crippen LogP contribution in [0.5, 0.6) is 11.5 Å². The lowest BCUT2D eigenvalue weighted by molar-refractivity contribution is -0.149. The van der Waals surface area contributed by atoms with Crippen LogP contribution in [0.2, 0.25) is 0 Å². The molecule has 29 heavy (non-hydrogen) atoms. The van der Waals surface area contributed by atoms with Gasteiger partial charge in [-0.25, -0.2) is 0 Å². The van der Waals surface area contributed by atoms with Crippen LogP contribution >= 0.6 is 0 Å². The maximum absolute atomic E-state index is 12.7. The van der Waals surface area contributed by atoms with E-state index in [0.717, 1.165) is 44.0 Å². The Balaban J connectivity index is 1.97. The summed E-state index contributed by atoms with van der Waals surface area (Å²) in [5, 5.41) is 10.9. The minimum absolute atomic E-state index is 0.0158. The van der Waals surface area contributed by atoms with E-state index < -0.39 is 11.0 Å². The highest BCUT2D eigenvalue weighted by Crippen LogP contribution is 2.55. The SMILES string of the molecule is CCCCOC(=O)C(C)(C)c1cc(O)c2c(c1)OC(C)(C)[C@@H]1CCC(C=O)CC21. The average molecular weight is 403 g/mol. The summed E-state index contributed by atoms with van der Waals surface area (Å²) in [6, 6.07) is 3.54. The zero-order valence-electron chi connectivity index (χ0n) is 18.3. The highest BCUT2D eigenvalue weighted by atomic mass is 16.5. The summed E-state index contributed by atoms with van der Waals surface area (Å²) in [5.41, 5.74) is 0.150. The molecule has 1 saturated carbocycles.